The van der Waals surface area contributed by atoms with Gasteiger partial charge in [-0.3, -0.25) is 14.1 Å². The number of hydrogen-bond acceptors (Lipinski definition) is 7. The Morgan fingerprint density at radius 2 is 1.24 bits per heavy atom. The van der Waals surface area contributed by atoms with Crippen molar-refractivity contribution in [1.82, 2.24) is 0 Å². The van der Waals surface area contributed by atoms with Crippen molar-refractivity contribution in [2.24, 2.45) is 4.99 Å². The molecule has 0 aliphatic rings. The summed E-state index contributed by atoms with van der Waals surface area (Å²) >= 11 is 0. The molecule has 0 atom stereocenters. The van der Waals surface area contributed by atoms with Crippen LogP contribution in [0.25, 0.3) is 0 Å². The van der Waals surface area contributed by atoms with Crippen LogP contribution in [-0.4, -0.2) is 38.0 Å². The fourth-order valence-electron chi connectivity index (χ4n) is 2.02. The lowest BCUT2D eigenvalue weighted by molar-refractivity contribution is 0.221. The Labute approximate surface area is 152 Å². The molecule has 0 aliphatic heterocycles. The van der Waals surface area contributed by atoms with Crippen LogP contribution in [0, 0.1) is 0 Å². The molecule has 0 spiro atoms. The van der Waals surface area contributed by atoms with Gasteiger partial charge in [-0.25, -0.2) is 0 Å². The number of nitrogens with zero attached hydrogens (tertiary/aromatic N) is 1. The summed E-state index contributed by atoms with van der Waals surface area (Å²) in [4.78, 5) is 4.33. The van der Waals surface area contributed by atoms with Crippen molar-refractivity contribution in [2.45, 2.75) is 54.4 Å². The first-order valence-electron chi connectivity index (χ1n) is 8.86. The van der Waals surface area contributed by atoms with Crippen LogP contribution in [0.3, 0.4) is 0 Å². The largest absolute Gasteiger partial charge is 0.376 e. The number of hydrogen-bond donors (Lipinski definition) is 0. The van der Waals surface area contributed by atoms with E-state index in [0.717, 1.165) is 18.4 Å². The Morgan fingerprint density at radius 1 is 0.800 bits per heavy atom. The summed E-state index contributed by atoms with van der Waals surface area (Å²) in [5.41, 5.74) is 1.14. The number of allylic oxidation sites excluding steroid dienone is 1. The molecule has 25 heavy (non-hydrogen) atoms. The molecule has 0 aromatic carbocycles. The zero-order chi connectivity index (χ0) is 19.3. The summed E-state index contributed by atoms with van der Waals surface area (Å²) in [7, 11) is -7.17. The van der Waals surface area contributed by atoms with Crippen LogP contribution in [-0.2, 0) is 27.2 Å². The third-order valence-corrected chi connectivity index (χ3v) is 7.55. The maximum absolute atomic E-state index is 13.2. The van der Waals surface area contributed by atoms with Crippen LogP contribution in [0.5, 0.6) is 0 Å². The van der Waals surface area contributed by atoms with Crippen LogP contribution >= 0.6 is 15.2 Å². The van der Waals surface area contributed by atoms with Crippen molar-refractivity contribution in [3.63, 3.8) is 0 Å². The van der Waals surface area contributed by atoms with Gasteiger partial charge in [0.1, 0.15) is 11.6 Å². The average Bonchev–Trinajstić information content (AvgIpc) is 2.55. The van der Waals surface area contributed by atoms with Crippen molar-refractivity contribution in [3.05, 3.63) is 11.8 Å². The van der Waals surface area contributed by atoms with Gasteiger partial charge in [0.05, 0.1) is 26.4 Å². The molecule has 0 aromatic heterocycles. The van der Waals surface area contributed by atoms with Gasteiger partial charge >= 0.3 is 15.2 Å². The van der Waals surface area contributed by atoms with Gasteiger partial charge in [0.25, 0.3) is 0 Å². The molecule has 0 saturated carbocycles. The van der Waals surface area contributed by atoms with Crippen LogP contribution in [0.4, 0.5) is 0 Å². The Morgan fingerprint density at radius 3 is 1.60 bits per heavy atom. The summed E-state index contributed by atoms with van der Waals surface area (Å²) in [6, 6.07) is 0. The van der Waals surface area contributed by atoms with Crippen molar-refractivity contribution in [3.8, 4) is 0 Å². The van der Waals surface area contributed by atoms with Gasteiger partial charge in [0.2, 0.25) is 0 Å². The molecule has 0 aromatic rings. The Balaban J connectivity index is 5.96. The minimum absolute atomic E-state index is 0.0702. The van der Waals surface area contributed by atoms with Crippen LogP contribution in [0.15, 0.2) is 16.8 Å². The van der Waals surface area contributed by atoms with Gasteiger partial charge < -0.3 is 18.1 Å². The molecule has 9 heteroatoms. The predicted molar refractivity (Wildman–Crippen MR) is 103 cm³/mol. The lowest BCUT2D eigenvalue weighted by atomic mass is 10.2. The van der Waals surface area contributed by atoms with E-state index < -0.39 is 15.2 Å². The van der Waals surface area contributed by atoms with Gasteiger partial charge in [-0.15, -0.1) is 0 Å². The minimum atomic E-state index is -3.68. The highest BCUT2D eigenvalue weighted by molar-refractivity contribution is 7.74. The van der Waals surface area contributed by atoms with E-state index in [1.165, 1.54) is 0 Å². The molecule has 0 unspecified atom stereocenters. The van der Waals surface area contributed by atoms with E-state index in [2.05, 4.69) is 4.99 Å². The van der Waals surface area contributed by atoms with E-state index in [1.54, 1.807) is 33.9 Å². The monoisotopic (exact) mass is 397 g/mol. The smallest absolute Gasteiger partial charge is 0.309 e. The topological polar surface area (TPSA) is 83.4 Å². The summed E-state index contributed by atoms with van der Waals surface area (Å²) in [6.45, 7) is 11.7. The molecular formula is C16H33NO6P2. The van der Waals surface area contributed by atoms with Crippen molar-refractivity contribution < 1.29 is 27.2 Å². The third kappa shape index (κ3) is 8.76. The molecule has 7 nitrogen and oxygen atoms in total. The molecule has 0 amide bonds. The summed E-state index contributed by atoms with van der Waals surface area (Å²) < 4.78 is 47.4. The first kappa shape index (κ1) is 24.7. The van der Waals surface area contributed by atoms with Gasteiger partial charge in [-0.2, -0.15) is 0 Å². The summed E-state index contributed by atoms with van der Waals surface area (Å²) in [6.07, 6.45) is 3.04. The Hall–Kier alpha value is -0.290. The zero-order valence-electron chi connectivity index (χ0n) is 16.3. The second kappa shape index (κ2) is 13.0. The number of aliphatic imine (C=N–C) groups is 1. The molecular weight excluding hydrogens is 364 g/mol. The maximum atomic E-state index is 13.2. The Kier molecular flexibility index (Phi) is 12.8. The third-order valence-electron chi connectivity index (χ3n) is 3.21. The van der Waals surface area contributed by atoms with Crippen LogP contribution < -0.4 is 0 Å². The molecule has 0 heterocycles. The van der Waals surface area contributed by atoms with E-state index in [-0.39, 0.29) is 38.0 Å². The molecule has 148 valence electrons. The van der Waals surface area contributed by atoms with E-state index in [0.29, 0.717) is 0 Å². The van der Waals surface area contributed by atoms with Crippen molar-refractivity contribution in [2.75, 3.05) is 32.6 Å². The lowest BCUT2D eigenvalue weighted by Gasteiger charge is -2.22. The molecule has 0 rings (SSSR count). The highest BCUT2D eigenvalue weighted by Gasteiger charge is 2.38. The Bertz CT molecular complexity index is 507. The van der Waals surface area contributed by atoms with Crippen LogP contribution in [0.1, 0.15) is 54.4 Å². The van der Waals surface area contributed by atoms with Gasteiger partial charge in [0, 0.05) is 6.20 Å². The fourth-order valence-corrected chi connectivity index (χ4v) is 5.95. The van der Waals surface area contributed by atoms with Crippen molar-refractivity contribution in [1.29, 1.82) is 0 Å². The normalized spacial score (nSPS) is 13.1. The second-order valence-electron chi connectivity index (χ2n) is 4.98. The van der Waals surface area contributed by atoms with E-state index in [4.69, 9.17) is 18.1 Å². The standard InChI is InChI=1S/C16H33NO6P2/c1-7-15(8-2)13-17-16(25(19,22-11-5)23-12-6)14-24(18,20-9-3)21-10-4/h13H,7-12,14H2,1-6H3. The zero-order valence-corrected chi connectivity index (χ0v) is 18.1. The molecule has 0 saturated heterocycles. The predicted octanol–water partition coefficient (Wildman–Crippen LogP) is 5.62. The van der Waals surface area contributed by atoms with Crippen LogP contribution in [0.2, 0.25) is 0 Å². The SMILES string of the molecule is CCOP(=O)(CC(=NC=C(CC)CC)P(=O)(OCC)OCC)OCC. The van der Waals surface area contributed by atoms with E-state index in [1.807, 2.05) is 13.8 Å². The first-order valence-corrected chi connectivity index (χ1v) is 12.1. The molecule has 0 aliphatic carbocycles. The fraction of sp³-hybridized carbons (Fsp3) is 0.812. The first-order chi connectivity index (χ1) is 11.8. The minimum Gasteiger partial charge on any atom is -0.309 e. The maximum Gasteiger partial charge on any atom is 0.376 e. The molecule has 0 bridgehead atoms. The number of rotatable bonds is 14. The van der Waals surface area contributed by atoms with Crippen molar-refractivity contribution >= 4 is 20.6 Å². The summed E-state index contributed by atoms with van der Waals surface area (Å²) in [5, 5.41) is 0. The highest BCUT2D eigenvalue weighted by atomic mass is 31.2. The van der Waals surface area contributed by atoms with Gasteiger partial charge in [0.15, 0.2) is 0 Å². The highest BCUT2D eigenvalue weighted by Crippen LogP contribution is 2.57. The molecule has 0 radical (unpaired) electrons. The van der Waals surface area contributed by atoms with E-state index in [9.17, 15) is 9.13 Å². The van der Waals surface area contributed by atoms with E-state index >= 15 is 0 Å². The molecule has 0 fully saturated rings. The van der Waals surface area contributed by atoms with Gasteiger partial charge in [-0.1, -0.05) is 19.4 Å². The summed E-state index contributed by atoms with van der Waals surface area (Å²) in [5.74, 6) is 0. The van der Waals surface area contributed by atoms with Gasteiger partial charge in [-0.05, 0) is 40.5 Å². The molecule has 0 N–H and O–H groups in total. The lowest BCUT2D eigenvalue weighted by Crippen LogP contribution is -2.14. The average molecular weight is 397 g/mol. The second-order valence-corrected chi connectivity index (χ2v) is 9.06. The quantitative estimate of drug-likeness (QED) is 0.279.